The predicted molar refractivity (Wildman–Crippen MR) is 187 cm³/mol. The zero-order valence-corrected chi connectivity index (χ0v) is 30.9. The van der Waals surface area contributed by atoms with Crippen LogP contribution in [0.25, 0.3) is 0 Å². The molecule has 3 N–H and O–H groups in total. The van der Waals surface area contributed by atoms with Gasteiger partial charge in [0.05, 0.1) is 74.5 Å². The lowest BCUT2D eigenvalue weighted by molar-refractivity contribution is -0.138. The first-order valence-electron chi connectivity index (χ1n) is 17.0. The molecule has 2 unspecified atom stereocenters. The number of benzene rings is 3. The zero-order chi connectivity index (χ0) is 40.1. The quantitative estimate of drug-likeness (QED) is 0.228. The van der Waals surface area contributed by atoms with Crippen LogP contribution >= 0.6 is 12.1 Å². The van der Waals surface area contributed by atoms with Crippen molar-refractivity contribution in [1.29, 1.82) is 0 Å². The van der Waals surface area contributed by atoms with Crippen LogP contribution in [0.2, 0.25) is 0 Å². The molecule has 302 valence electrons. The van der Waals surface area contributed by atoms with E-state index in [4.69, 9.17) is 14.2 Å². The van der Waals surface area contributed by atoms with E-state index in [1.54, 1.807) is 0 Å². The van der Waals surface area contributed by atoms with Crippen molar-refractivity contribution in [2.24, 2.45) is 0 Å². The van der Waals surface area contributed by atoms with E-state index < -0.39 is 35.2 Å². The Kier molecular flexibility index (Phi) is 17.5. The Hall–Kier alpha value is -2.93. The first-order chi connectivity index (χ1) is 25.3. The van der Waals surface area contributed by atoms with Gasteiger partial charge in [0.15, 0.2) is 0 Å². The van der Waals surface area contributed by atoms with Crippen LogP contribution in [-0.4, -0.2) is 64.0 Å². The fourth-order valence-corrected chi connectivity index (χ4v) is 5.70. The molecule has 3 heterocycles. The third kappa shape index (κ3) is 15.0. The van der Waals surface area contributed by atoms with E-state index in [0.29, 0.717) is 39.6 Å². The van der Waals surface area contributed by atoms with E-state index in [1.165, 1.54) is 42.7 Å². The van der Waals surface area contributed by atoms with Gasteiger partial charge in [-0.2, -0.15) is 43.4 Å². The second-order valence-electron chi connectivity index (χ2n) is 13.0. The molecule has 0 saturated carbocycles. The zero-order valence-electron chi connectivity index (χ0n) is 30.0. The molecule has 6 rings (SSSR count). The van der Waals surface area contributed by atoms with E-state index >= 15 is 0 Å². The second-order valence-corrected chi connectivity index (χ2v) is 13.3. The molecule has 0 aliphatic carbocycles. The van der Waals surface area contributed by atoms with Crippen LogP contribution in [0, 0.1) is 0 Å². The van der Waals surface area contributed by atoms with Gasteiger partial charge < -0.3 is 30.2 Å². The van der Waals surface area contributed by atoms with Gasteiger partial charge in [0.25, 0.3) is 0 Å². The average molecular weight is 802 g/mol. The van der Waals surface area contributed by atoms with Crippen molar-refractivity contribution in [1.82, 2.24) is 16.0 Å². The Bertz CT molecular complexity index is 1330. The number of rotatable bonds is 3. The van der Waals surface area contributed by atoms with Crippen LogP contribution in [0.1, 0.15) is 72.3 Å². The van der Waals surface area contributed by atoms with Crippen molar-refractivity contribution in [3.63, 3.8) is 0 Å². The molecule has 6 atom stereocenters. The Morgan fingerprint density at radius 2 is 0.648 bits per heavy atom. The van der Waals surface area contributed by atoms with Gasteiger partial charge in [0, 0.05) is 36.5 Å². The van der Waals surface area contributed by atoms with Gasteiger partial charge in [-0.3, -0.25) is 0 Å². The molecule has 3 aromatic rings. The normalized spacial score (nSPS) is 24.8. The van der Waals surface area contributed by atoms with E-state index in [9.17, 15) is 43.4 Å². The number of hydrogen-bond donors (Lipinski definition) is 3. The highest BCUT2D eigenvalue weighted by Gasteiger charge is 2.32. The summed E-state index contributed by atoms with van der Waals surface area (Å²) in [5, 5.41) is 9.85. The average Bonchev–Trinajstić information content (AvgIpc) is 3.12. The van der Waals surface area contributed by atoms with Crippen molar-refractivity contribution in [2.45, 2.75) is 75.6 Å². The summed E-state index contributed by atoms with van der Waals surface area (Å²) in [6, 6.07) is 16.2. The molecule has 0 radical (unpaired) electrons. The second kappa shape index (κ2) is 20.8. The molecular formula is C37H45F10N3O3S. The van der Waals surface area contributed by atoms with Gasteiger partial charge in [-0.25, -0.2) is 0 Å². The Morgan fingerprint density at radius 3 is 0.815 bits per heavy atom. The maximum atomic E-state index is 12.4. The highest BCUT2D eigenvalue weighted by Crippen LogP contribution is 2.32. The largest absolute Gasteiger partial charge is 0.416 e. The molecule has 0 bridgehead atoms. The van der Waals surface area contributed by atoms with Crippen LogP contribution in [0.5, 0.6) is 0 Å². The molecule has 0 spiro atoms. The van der Waals surface area contributed by atoms with Crippen molar-refractivity contribution in [2.75, 3.05) is 45.9 Å². The number of alkyl halides is 9. The lowest BCUT2D eigenvalue weighted by Gasteiger charge is -2.29. The maximum Gasteiger partial charge on any atom is 0.416 e. The Balaban J connectivity index is 0.000000210. The first-order valence-corrected chi connectivity index (χ1v) is 18.1. The fourth-order valence-electron chi connectivity index (χ4n) is 5.70. The fraction of sp³-hybridized carbons (Fsp3) is 0.514. The SMILES string of the molecule is CC1COCC(c2ccc(C(F)(F)F)cc2)N1.CSF.C[C@@H]1COC[C@H](c2ccc(C(F)(F)F)cc2)N1.C[C@H]1COC[C@@H](c2ccc(C(F)(F)F)cc2)N1. The number of morpholine rings is 3. The van der Waals surface area contributed by atoms with Gasteiger partial charge in [-0.15, -0.1) is 0 Å². The van der Waals surface area contributed by atoms with Crippen molar-refractivity contribution in [3.05, 3.63) is 106 Å². The maximum absolute atomic E-state index is 12.4. The molecule has 0 amide bonds. The van der Waals surface area contributed by atoms with E-state index in [2.05, 4.69) is 16.0 Å². The summed E-state index contributed by atoms with van der Waals surface area (Å²) in [6.07, 6.45) is -11.5. The van der Waals surface area contributed by atoms with Crippen LogP contribution in [0.3, 0.4) is 0 Å². The molecule has 3 fully saturated rings. The predicted octanol–water partition coefficient (Wildman–Crippen LogP) is 9.50. The molecule has 3 aliphatic heterocycles. The topological polar surface area (TPSA) is 63.8 Å². The summed E-state index contributed by atoms with van der Waals surface area (Å²) in [5.74, 6) is 0. The summed E-state index contributed by atoms with van der Waals surface area (Å²) < 4.78 is 138. The van der Waals surface area contributed by atoms with Gasteiger partial charge in [0.2, 0.25) is 0 Å². The van der Waals surface area contributed by atoms with Crippen LogP contribution in [0.15, 0.2) is 72.8 Å². The summed E-state index contributed by atoms with van der Waals surface area (Å²) in [7, 11) is 0. The number of nitrogens with one attached hydrogen (secondary N) is 3. The molecule has 3 aliphatic rings. The molecule has 3 saturated heterocycles. The minimum atomic E-state index is -4.28. The van der Waals surface area contributed by atoms with Gasteiger partial charge in [-0.1, -0.05) is 36.4 Å². The van der Waals surface area contributed by atoms with Crippen LogP contribution in [-0.2, 0) is 32.7 Å². The standard InChI is InChI=1S/3C12H14F3NO.CH3FS/c3*1-8-6-17-7-11(16-8)9-2-4-10(5-3-9)12(13,14)15;1-3-2/h3*2-5,8,11,16H,6-7H2,1H3;1H3/t2*8-,11-;;/m10../s1. The summed E-state index contributed by atoms with van der Waals surface area (Å²) in [4.78, 5) is 0. The first kappa shape index (κ1) is 45.5. The number of ether oxygens (including phenoxy) is 3. The molecular weight excluding hydrogens is 756 g/mol. The monoisotopic (exact) mass is 801 g/mol. The number of hydrogen-bond acceptors (Lipinski definition) is 7. The molecule has 6 nitrogen and oxygen atoms in total. The van der Waals surface area contributed by atoms with E-state index in [0.717, 1.165) is 53.1 Å². The van der Waals surface area contributed by atoms with Gasteiger partial charge >= 0.3 is 18.5 Å². The van der Waals surface area contributed by atoms with Crippen molar-refractivity contribution in [3.8, 4) is 0 Å². The summed E-state index contributed by atoms with van der Waals surface area (Å²) in [5.41, 5.74) is 0.613. The third-order valence-corrected chi connectivity index (χ3v) is 8.34. The molecule has 17 heteroatoms. The van der Waals surface area contributed by atoms with Crippen molar-refractivity contribution >= 4 is 12.1 Å². The smallest absolute Gasteiger partial charge is 0.378 e. The highest BCUT2D eigenvalue weighted by atomic mass is 32.2. The third-order valence-electron chi connectivity index (χ3n) is 8.34. The van der Waals surface area contributed by atoms with Crippen LogP contribution < -0.4 is 16.0 Å². The molecule has 3 aromatic carbocycles. The van der Waals surface area contributed by atoms with Crippen LogP contribution in [0.4, 0.5) is 43.4 Å². The summed E-state index contributed by atoms with van der Waals surface area (Å²) >= 11 is 0.250. The minimum absolute atomic E-state index is 0.0268. The summed E-state index contributed by atoms with van der Waals surface area (Å²) in [6.45, 7) is 9.34. The molecule has 54 heavy (non-hydrogen) atoms. The van der Waals surface area contributed by atoms with E-state index in [1.807, 2.05) is 20.8 Å². The Morgan fingerprint density at radius 1 is 0.444 bits per heavy atom. The molecule has 0 aromatic heterocycles. The Labute approximate surface area is 313 Å². The van der Waals surface area contributed by atoms with Crippen molar-refractivity contribution < 1.29 is 57.6 Å². The lowest BCUT2D eigenvalue weighted by atomic mass is 10.0. The highest BCUT2D eigenvalue weighted by molar-refractivity contribution is 7.93. The number of halogens is 10. The minimum Gasteiger partial charge on any atom is -0.378 e. The lowest BCUT2D eigenvalue weighted by Crippen LogP contribution is -2.41. The van der Waals surface area contributed by atoms with Gasteiger partial charge in [0.1, 0.15) is 0 Å². The van der Waals surface area contributed by atoms with E-state index in [-0.39, 0.29) is 48.4 Å². The van der Waals surface area contributed by atoms with Gasteiger partial charge in [-0.05, 0) is 73.9 Å².